The van der Waals surface area contributed by atoms with Gasteiger partial charge in [-0.05, 0) is 0 Å². The molecule has 1 aliphatic rings. The van der Waals surface area contributed by atoms with Gasteiger partial charge in [0.15, 0.2) is 0 Å². The second-order valence-corrected chi connectivity index (χ2v) is 7.26. The first kappa shape index (κ1) is 12.6. The fourth-order valence-corrected chi connectivity index (χ4v) is 4.19. The van der Waals surface area contributed by atoms with Gasteiger partial charge in [-0.3, -0.25) is 0 Å². The van der Waals surface area contributed by atoms with Gasteiger partial charge >= 0.3 is 10.5 Å². The van der Waals surface area contributed by atoms with E-state index < -0.39 is 40.7 Å². The van der Waals surface area contributed by atoms with E-state index in [0.717, 1.165) is 0 Å². The molecule has 1 fully saturated rings. The van der Waals surface area contributed by atoms with Gasteiger partial charge in [-0.2, -0.15) is 17.6 Å². The minimum Gasteiger partial charge on any atom is -0.205 e. The molecule has 0 radical (unpaired) electrons. The molecule has 0 aromatic heterocycles. The molecular formula is C4H5F4NO4S2. The smallest absolute Gasteiger partial charge is 0.205 e. The predicted molar refractivity (Wildman–Crippen MR) is 40.1 cm³/mol. The lowest BCUT2D eigenvalue weighted by Crippen LogP contribution is -2.57. The van der Waals surface area contributed by atoms with E-state index in [2.05, 4.69) is 0 Å². The van der Waals surface area contributed by atoms with Crippen molar-refractivity contribution < 1.29 is 34.4 Å². The molecule has 0 saturated carbocycles. The zero-order valence-corrected chi connectivity index (χ0v) is 8.75. The van der Waals surface area contributed by atoms with E-state index in [-0.39, 0.29) is 7.05 Å². The van der Waals surface area contributed by atoms with Crippen molar-refractivity contribution in [3.63, 3.8) is 0 Å². The maximum atomic E-state index is 12.7. The van der Waals surface area contributed by atoms with Gasteiger partial charge in [0, 0.05) is 7.05 Å². The highest BCUT2D eigenvalue weighted by molar-refractivity contribution is 8.05. The molecule has 0 atom stereocenters. The molecule has 90 valence electrons. The third kappa shape index (κ3) is 1.44. The molecule has 1 aliphatic heterocycles. The van der Waals surface area contributed by atoms with E-state index >= 15 is 0 Å². The molecular weight excluding hydrogens is 266 g/mol. The zero-order chi connectivity index (χ0) is 12.3. The summed E-state index contributed by atoms with van der Waals surface area (Å²) in [6.45, 7) is 0. The fourth-order valence-electron chi connectivity index (χ4n) is 0.927. The van der Waals surface area contributed by atoms with Crippen LogP contribution in [0.4, 0.5) is 17.6 Å². The van der Waals surface area contributed by atoms with E-state index in [0.29, 0.717) is 0 Å². The normalized spacial score (nSPS) is 32.3. The Kier molecular flexibility index (Phi) is 2.38. The summed E-state index contributed by atoms with van der Waals surface area (Å²) >= 11 is 0. The molecule has 1 rings (SSSR count). The van der Waals surface area contributed by atoms with Crippen LogP contribution < -0.4 is 0 Å². The third-order valence-electron chi connectivity index (χ3n) is 1.84. The summed E-state index contributed by atoms with van der Waals surface area (Å²) < 4.78 is 93.0. The van der Waals surface area contributed by atoms with Crippen LogP contribution in [-0.4, -0.2) is 38.1 Å². The van der Waals surface area contributed by atoms with Crippen molar-refractivity contribution in [1.82, 2.24) is 3.71 Å². The van der Waals surface area contributed by atoms with E-state index in [1.165, 1.54) is 0 Å². The lowest BCUT2D eigenvalue weighted by atomic mass is 10.4. The van der Waals surface area contributed by atoms with E-state index in [1.54, 1.807) is 0 Å². The van der Waals surface area contributed by atoms with Crippen molar-refractivity contribution in [2.75, 3.05) is 7.05 Å². The van der Waals surface area contributed by atoms with Crippen molar-refractivity contribution >= 4 is 20.0 Å². The number of hydrogen-bond donors (Lipinski definition) is 0. The molecule has 15 heavy (non-hydrogen) atoms. The third-order valence-corrected chi connectivity index (χ3v) is 6.17. The van der Waals surface area contributed by atoms with Gasteiger partial charge in [0.25, 0.3) is 20.0 Å². The van der Waals surface area contributed by atoms with E-state index in [9.17, 15) is 34.4 Å². The van der Waals surface area contributed by atoms with Crippen molar-refractivity contribution in [3.8, 4) is 0 Å². The molecule has 0 unspecified atom stereocenters. The second-order valence-electron chi connectivity index (χ2n) is 2.84. The number of rotatable bonds is 0. The lowest BCUT2D eigenvalue weighted by molar-refractivity contribution is -0.0262. The molecule has 0 bridgehead atoms. The van der Waals surface area contributed by atoms with E-state index in [4.69, 9.17) is 0 Å². The van der Waals surface area contributed by atoms with Crippen LogP contribution in [0.1, 0.15) is 6.42 Å². The van der Waals surface area contributed by atoms with Crippen LogP contribution in [0.5, 0.6) is 0 Å². The quantitative estimate of drug-likeness (QED) is 0.589. The van der Waals surface area contributed by atoms with Crippen LogP contribution in [0.15, 0.2) is 0 Å². The SMILES string of the molecule is CN1S(=O)(=O)C(F)(F)CC(F)(F)S1(=O)=O. The number of sulfonamides is 2. The van der Waals surface area contributed by atoms with E-state index in [1.807, 2.05) is 0 Å². The molecule has 0 aliphatic carbocycles. The first-order chi connectivity index (χ1) is 6.36. The Morgan fingerprint density at radius 2 is 1.20 bits per heavy atom. The van der Waals surface area contributed by atoms with Crippen molar-refractivity contribution in [3.05, 3.63) is 0 Å². The number of hydrogen-bond acceptors (Lipinski definition) is 4. The maximum absolute atomic E-state index is 12.7. The number of alkyl halides is 4. The van der Waals surface area contributed by atoms with Gasteiger partial charge in [-0.15, -0.1) is 0 Å². The Labute approximate surface area is 82.8 Å². The minimum absolute atomic E-state index is 0.144. The summed E-state index contributed by atoms with van der Waals surface area (Å²) in [7, 11) is -11.0. The summed E-state index contributed by atoms with van der Waals surface area (Å²) in [5, 5.41) is -9.59. The van der Waals surface area contributed by atoms with Gasteiger partial charge < -0.3 is 0 Å². The number of nitrogens with zero attached hydrogens (tertiary/aromatic N) is 1. The van der Waals surface area contributed by atoms with Crippen molar-refractivity contribution in [1.29, 1.82) is 0 Å². The minimum atomic E-state index is -5.59. The van der Waals surface area contributed by atoms with Crippen molar-refractivity contribution in [2.24, 2.45) is 0 Å². The van der Waals surface area contributed by atoms with Gasteiger partial charge in [-0.25, -0.2) is 16.8 Å². The Hall–Kier alpha value is -0.420. The highest BCUT2D eigenvalue weighted by Crippen LogP contribution is 2.46. The van der Waals surface area contributed by atoms with Gasteiger partial charge in [0.1, 0.15) is 6.42 Å². The van der Waals surface area contributed by atoms with Crippen LogP contribution >= 0.6 is 0 Å². The maximum Gasteiger partial charge on any atom is 0.367 e. The van der Waals surface area contributed by atoms with Crippen LogP contribution in [0, 0.1) is 0 Å². The molecule has 1 heterocycles. The fraction of sp³-hybridized carbons (Fsp3) is 1.00. The topological polar surface area (TPSA) is 71.5 Å². The lowest BCUT2D eigenvalue weighted by Gasteiger charge is -2.33. The summed E-state index contributed by atoms with van der Waals surface area (Å²) in [6.07, 6.45) is -2.56. The second kappa shape index (κ2) is 2.83. The van der Waals surface area contributed by atoms with Crippen LogP contribution in [-0.2, 0) is 20.0 Å². The van der Waals surface area contributed by atoms with Gasteiger partial charge in [0.2, 0.25) is 0 Å². The summed E-state index contributed by atoms with van der Waals surface area (Å²) in [6, 6.07) is 0. The molecule has 5 nitrogen and oxygen atoms in total. The molecule has 0 N–H and O–H groups in total. The molecule has 1 saturated heterocycles. The Balaban J connectivity index is 3.52. The highest BCUT2D eigenvalue weighted by atomic mass is 32.3. The highest BCUT2D eigenvalue weighted by Gasteiger charge is 2.68. The Morgan fingerprint density at radius 1 is 0.933 bits per heavy atom. The average Bonchev–Trinajstić information content (AvgIpc) is 1.98. The molecule has 11 heteroatoms. The summed E-state index contributed by atoms with van der Waals surface area (Å²) in [5.41, 5.74) is 0. The predicted octanol–water partition coefficient (Wildman–Crippen LogP) is 0.167. The van der Waals surface area contributed by atoms with Crippen LogP contribution in [0.25, 0.3) is 0 Å². The van der Waals surface area contributed by atoms with Gasteiger partial charge in [-0.1, -0.05) is 3.71 Å². The molecule has 0 spiro atoms. The summed E-state index contributed by atoms with van der Waals surface area (Å²) in [4.78, 5) is 0. The van der Waals surface area contributed by atoms with Gasteiger partial charge in [0.05, 0.1) is 0 Å². The molecule has 0 aromatic carbocycles. The number of halogens is 4. The first-order valence-corrected chi connectivity index (χ1v) is 6.23. The van der Waals surface area contributed by atoms with Crippen LogP contribution in [0.2, 0.25) is 0 Å². The zero-order valence-electron chi connectivity index (χ0n) is 7.12. The Morgan fingerprint density at radius 3 is 1.47 bits per heavy atom. The molecule has 0 amide bonds. The summed E-state index contributed by atoms with van der Waals surface area (Å²) in [5.74, 6) is 0. The molecule has 0 aromatic rings. The van der Waals surface area contributed by atoms with Crippen LogP contribution in [0.3, 0.4) is 0 Å². The standard InChI is InChI=1S/C4H5F4NO4S2/c1-9-14(10,11)3(5,6)2-4(7,8)15(9,12)13/h2H2,1H3. The van der Waals surface area contributed by atoms with Crippen molar-refractivity contribution in [2.45, 2.75) is 16.9 Å². The first-order valence-electron chi connectivity index (χ1n) is 3.35. The average molecular weight is 271 g/mol. The Bertz CT molecular complexity index is 437. The monoisotopic (exact) mass is 271 g/mol. The largest absolute Gasteiger partial charge is 0.367 e.